The molecule has 0 aromatic heterocycles. The van der Waals surface area contributed by atoms with Crippen molar-refractivity contribution >= 4 is 22.8 Å². The van der Waals surface area contributed by atoms with Crippen LogP contribution >= 0.6 is 11.8 Å². The Bertz CT molecular complexity index is 572. The molecule has 4 heteroatoms. The van der Waals surface area contributed by atoms with Gasteiger partial charge < -0.3 is 5.32 Å². The third-order valence-corrected chi connectivity index (χ3v) is 4.50. The summed E-state index contributed by atoms with van der Waals surface area (Å²) in [6, 6.07) is 7.37. The number of carbonyl (C=O) groups is 2. The topological polar surface area (TPSA) is 46.2 Å². The molecule has 21 heavy (non-hydrogen) atoms. The fraction of sp³-hybridized carbons (Fsp3) is 0.529. The highest BCUT2D eigenvalue weighted by Gasteiger charge is 2.37. The molecule has 0 saturated carbocycles. The molecule has 0 bridgehead atoms. The van der Waals surface area contributed by atoms with Crippen LogP contribution in [0, 0.1) is 5.41 Å². The van der Waals surface area contributed by atoms with E-state index in [1.165, 1.54) is 0 Å². The van der Waals surface area contributed by atoms with E-state index >= 15 is 0 Å². The van der Waals surface area contributed by atoms with Crippen LogP contribution in [0.4, 0.5) is 0 Å². The van der Waals surface area contributed by atoms with Gasteiger partial charge in [-0.1, -0.05) is 56.8 Å². The number of fused-ring (bicyclic) bond motifs is 1. The van der Waals surface area contributed by atoms with Gasteiger partial charge in [0.25, 0.3) is 0 Å². The second-order valence-corrected chi connectivity index (χ2v) is 8.56. The molecule has 1 aromatic carbocycles. The fourth-order valence-electron chi connectivity index (χ4n) is 3.11. The smallest absolute Gasteiger partial charge is 0.238 e. The highest BCUT2D eigenvalue weighted by molar-refractivity contribution is 8.15. The van der Waals surface area contributed by atoms with Crippen molar-refractivity contribution in [3.63, 3.8) is 0 Å². The standard InChI is InChI=1S/C17H23NO2S/c1-16(2,3)10-17(4,5)18-14(19)13-11-8-6-7-9-12(11)15(20)21-13/h6-9,13H,10H2,1-5H3,(H,18,19). The van der Waals surface area contributed by atoms with Gasteiger partial charge in [-0.3, -0.25) is 9.59 Å². The van der Waals surface area contributed by atoms with Gasteiger partial charge in [0.15, 0.2) is 0 Å². The second-order valence-electron chi connectivity index (χ2n) is 7.48. The van der Waals surface area contributed by atoms with E-state index in [9.17, 15) is 9.59 Å². The molecule has 1 heterocycles. The van der Waals surface area contributed by atoms with Gasteiger partial charge in [0.1, 0.15) is 5.25 Å². The van der Waals surface area contributed by atoms with Gasteiger partial charge in [0.05, 0.1) is 0 Å². The molecule has 3 nitrogen and oxygen atoms in total. The summed E-state index contributed by atoms with van der Waals surface area (Å²) in [4.78, 5) is 24.5. The Labute approximate surface area is 130 Å². The minimum Gasteiger partial charge on any atom is -0.350 e. The summed E-state index contributed by atoms with van der Waals surface area (Å²) in [7, 11) is 0. The zero-order chi connectivity index (χ0) is 15.8. The lowest BCUT2D eigenvalue weighted by Gasteiger charge is -2.34. The molecular formula is C17H23NO2S. The Morgan fingerprint density at radius 2 is 1.81 bits per heavy atom. The number of nitrogens with one attached hydrogen (secondary N) is 1. The minimum atomic E-state index is -0.423. The molecule has 1 aliphatic rings. The van der Waals surface area contributed by atoms with E-state index in [1.807, 2.05) is 32.0 Å². The first kappa shape index (κ1) is 16.1. The van der Waals surface area contributed by atoms with Crippen molar-refractivity contribution in [1.82, 2.24) is 5.32 Å². The van der Waals surface area contributed by atoms with Crippen LogP contribution in [0.15, 0.2) is 24.3 Å². The van der Waals surface area contributed by atoms with Crippen LogP contribution in [-0.4, -0.2) is 16.6 Å². The van der Waals surface area contributed by atoms with Gasteiger partial charge in [-0.05, 0) is 31.2 Å². The maximum atomic E-state index is 12.6. The number of hydrogen-bond acceptors (Lipinski definition) is 3. The van der Waals surface area contributed by atoms with Gasteiger partial charge in [0, 0.05) is 11.1 Å². The Hall–Kier alpha value is -1.29. The normalized spacial score (nSPS) is 18.5. The van der Waals surface area contributed by atoms with Crippen LogP contribution in [0.1, 0.15) is 62.2 Å². The predicted octanol–water partition coefficient (Wildman–Crippen LogP) is 3.95. The highest BCUT2D eigenvalue weighted by atomic mass is 32.2. The van der Waals surface area contributed by atoms with E-state index < -0.39 is 5.25 Å². The molecule has 1 N–H and O–H groups in total. The summed E-state index contributed by atoms with van der Waals surface area (Å²) in [6.07, 6.45) is 0.874. The lowest BCUT2D eigenvalue weighted by atomic mass is 9.81. The number of hydrogen-bond donors (Lipinski definition) is 1. The van der Waals surface area contributed by atoms with Crippen LogP contribution in [0.3, 0.4) is 0 Å². The van der Waals surface area contributed by atoms with Crippen molar-refractivity contribution in [3.05, 3.63) is 35.4 Å². The molecule has 0 fully saturated rings. The molecule has 114 valence electrons. The van der Waals surface area contributed by atoms with Crippen molar-refractivity contribution in [2.75, 3.05) is 0 Å². The Morgan fingerprint density at radius 3 is 2.43 bits per heavy atom. The fourth-order valence-corrected chi connectivity index (χ4v) is 4.13. The lowest BCUT2D eigenvalue weighted by Crippen LogP contribution is -2.47. The summed E-state index contributed by atoms with van der Waals surface area (Å²) in [5.41, 5.74) is 1.33. The first-order valence-corrected chi connectivity index (χ1v) is 8.09. The molecule has 1 atom stereocenters. The van der Waals surface area contributed by atoms with Gasteiger partial charge in [-0.2, -0.15) is 0 Å². The molecular weight excluding hydrogens is 282 g/mol. The van der Waals surface area contributed by atoms with E-state index in [2.05, 4.69) is 26.1 Å². The Kier molecular flexibility index (Phi) is 4.20. The minimum absolute atomic E-state index is 0.0145. The summed E-state index contributed by atoms with van der Waals surface area (Å²) < 4.78 is 0. The average molecular weight is 305 g/mol. The van der Waals surface area contributed by atoms with E-state index in [0.717, 1.165) is 23.7 Å². The summed E-state index contributed by atoms with van der Waals surface area (Å²) in [6.45, 7) is 10.5. The summed E-state index contributed by atoms with van der Waals surface area (Å²) >= 11 is 1.11. The van der Waals surface area contributed by atoms with Crippen molar-refractivity contribution in [2.24, 2.45) is 5.41 Å². The number of rotatable bonds is 3. The zero-order valence-electron chi connectivity index (χ0n) is 13.3. The quantitative estimate of drug-likeness (QED) is 0.920. The van der Waals surface area contributed by atoms with Crippen molar-refractivity contribution in [1.29, 1.82) is 0 Å². The third-order valence-electron chi connectivity index (χ3n) is 3.36. The van der Waals surface area contributed by atoms with Crippen molar-refractivity contribution in [2.45, 2.75) is 51.8 Å². The van der Waals surface area contributed by atoms with Crippen molar-refractivity contribution < 1.29 is 9.59 Å². The Morgan fingerprint density at radius 1 is 1.19 bits per heavy atom. The van der Waals surface area contributed by atoms with Crippen LogP contribution in [0.2, 0.25) is 0 Å². The molecule has 1 amide bonds. The maximum absolute atomic E-state index is 12.6. The monoisotopic (exact) mass is 305 g/mol. The summed E-state index contributed by atoms with van der Waals surface area (Å²) in [5.74, 6) is -0.0763. The van der Waals surface area contributed by atoms with E-state index in [0.29, 0.717) is 5.56 Å². The number of benzene rings is 1. The first-order valence-electron chi connectivity index (χ1n) is 7.21. The molecule has 2 rings (SSSR count). The van der Waals surface area contributed by atoms with Gasteiger partial charge in [-0.15, -0.1) is 0 Å². The Balaban J connectivity index is 2.14. The predicted molar refractivity (Wildman–Crippen MR) is 87.4 cm³/mol. The number of amides is 1. The van der Waals surface area contributed by atoms with E-state index in [-0.39, 0.29) is 22.0 Å². The molecule has 0 saturated heterocycles. The SMILES string of the molecule is CC(C)(C)CC(C)(C)NC(=O)C1SC(=O)c2ccccc21. The van der Waals surface area contributed by atoms with Gasteiger partial charge in [-0.25, -0.2) is 0 Å². The average Bonchev–Trinajstić information content (AvgIpc) is 2.64. The van der Waals surface area contributed by atoms with Crippen LogP contribution < -0.4 is 5.32 Å². The number of carbonyl (C=O) groups excluding carboxylic acids is 2. The second kappa shape index (κ2) is 5.48. The summed E-state index contributed by atoms with van der Waals surface area (Å²) in [5, 5.41) is 2.67. The molecule has 1 unspecified atom stereocenters. The largest absolute Gasteiger partial charge is 0.350 e. The molecule has 0 aliphatic carbocycles. The molecule has 1 aliphatic heterocycles. The van der Waals surface area contributed by atoms with Crippen LogP contribution in [0.25, 0.3) is 0 Å². The van der Waals surface area contributed by atoms with E-state index in [1.54, 1.807) is 6.07 Å². The third kappa shape index (κ3) is 3.88. The van der Waals surface area contributed by atoms with E-state index in [4.69, 9.17) is 0 Å². The van der Waals surface area contributed by atoms with Crippen molar-refractivity contribution in [3.8, 4) is 0 Å². The van der Waals surface area contributed by atoms with Crippen LogP contribution in [-0.2, 0) is 4.79 Å². The van der Waals surface area contributed by atoms with Gasteiger partial charge >= 0.3 is 0 Å². The molecule has 0 spiro atoms. The molecule has 0 radical (unpaired) electrons. The number of thioether (sulfide) groups is 1. The highest BCUT2D eigenvalue weighted by Crippen LogP contribution is 2.42. The lowest BCUT2D eigenvalue weighted by molar-refractivity contribution is -0.122. The van der Waals surface area contributed by atoms with Crippen LogP contribution in [0.5, 0.6) is 0 Å². The molecule has 1 aromatic rings. The zero-order valence-corrected chi connectivity index (χ0v) is 14.1. The maximum Gasteiger partial charge on any atom is 0.238 e. The first-order chi connectivity index (χ1) is 9.59. The van der Waals surface area contributed by atoms with Gasteiger partial charge in [0.2, 0.25) is 11.0 Å².